The third kappa shape index (κ3) is 2.35. The average Bonchev–Trinajstić information content (AvgIpc) is 2.88. The lowest BCUT2D eigenvalue weighted by Gasteiger charge is -2.25. The molecule has 2 atom stereocenters. The molecule has 21 heavy (non-hydrogen) atoms. The Bertz CT molecular complexity index is 685. The highest BCUT2D eigenvalue weighted by Crippen LogP contribution is 2.42. The lowest BCUT2D eigenvalue weighted by molar-refractivity contribution is -0.117. The highest BCUT2D eigenvalue weighted by molar-refractivity contribution is 7.91. The highest BCUT2D eigenvalue weighted by atomic mass is 32.2. The Kier molecular flexibility index (Phi) is 3.32. The number of ether oxygens (including phenoxy) is 2. The van der Waals surface area contributed by atoms with Crippen molar-refractivity contribution in [2.45, 2.75) is 12.5 Å². The van der Waals surface area contributed by atoms with E-state index in [0.717, 1.165) is 0 Å². The van der Waals surface area contributed by atoms with Crippen molar-refractivity contribution < 1.29 is 22.7 Å². The number of nitrogens with zero attached hydrogens (tertiary/aromatic N) is 1. The minimum atomic E-state index is -3.07. The number of fused-ring (bicyclic) bond motifs is 1. The Morgan fingerprint density at radius 1 is 1.19 bits per heavy atom. The third-order valence-corrected chi connectivity index (χ3v) is 5.90. The lowest BCUT2D eigenvalue weighted by atomic mass is 10.0. The smallest absolute Gasteiger partial charge is 0.227 e. The van der Waals surface area contributed by atoms with Crippen LogP contribution < -0.4 is 14.4 Å². The molecular formula is C14H17NO5S. The molecule has 1 aromatic carbocycles. The van der Waals surface area contributed by atoms with Gasteiger partial charge in [-0.2, -0.15) is 0 Å². The Morgan fingerprint density at radius 3 is 2.62 bits per heavy atom. The van der Waals surface area contributed by atoms with Crippen molar-refractivity contribution in [2.75, 3.05) is 30.6 Å². The van der Waals surface area contributed by atoms with Crippen molar-refractivity contribution in [3.8, 4) is 11.5 Å². The molecule has 6 nitrogen and oxygen atoms in total. The second-order valence-corrected chi connectivity index (χ2v) is 7.56. The second-order valence-electron chi connectivity index (χ2n) is 5.41. The van der Waals surface area contributed by atoms with E-state index in [1.807, 2.05) is 0 Å². The van der Waals surface area contributed by atoms with Gasteiger partial charge in [-0.25, -0.2) is 8.42 Å². The van der Waals surface area contributed by atoms with Crippen LogP contribution in [0.25, 0.3) is 0 Å². The summed E-state index contributed by atoms with van der Waals surface area (Å²) in [5.41, 5.74) is 0.575. The zero-order chi connectivity index (χ0) is 15.2. The van der Waals surface area contributed by atoms with Gasteiger partial charge < -0.3 is 14.4 Å². The lowest BCUT2D eigenvalue weighted by Crippen LogP contribution is -2.36. The Balaban J connectivity index is 2.04. The summed E-state index contributed by atoms with van der Waals surface area (Å²) in [6, 6.07) is 4.87. The number of hydrogen-bond donors (Lipinski definition) is 0. The molecule has 0 radical (unpaired) electrons. The van der Waals surface area contributed by atoms with Gasteiger partial charge >= 0.3 is 0 Å². The fourth-order valence-corrected chi connectivity index (χ4v) is 5.26. The Labute approximate surface area is 123 Å². The SMILES string of the molecule is COc1ccc(OC)c(N2C(=O)CC3CS(=O)(=O)CC32)c1. The van der Waals surface area contributed by atoms with E-state index in [1.54, 1.807) is 30.2 Å². The molecule has 2 fully saturated rings. The van der Waals surface area contributed by atoms with E-state index in [2.05, 4.69) is 0 Å². The van der Waals surface area contributed by atoms with Gasteiger partial charge in [0.25, 0.3) is 0 Å². The summed E-state index contributed by atoms with van der Waals surface area (Å²) >= 11 is 0. The third-order valence-electron chi connectivity index (χ3n) is 4.12. The molecule has 0 aromatic heterocycles. The van der Waals surface area contributed by atoms with Crippen LogP contribution in [-0.4, -0.2) is 46.1 Å². The summed E-state index contributed by atoms with van der Waals surface area (Å²) in [4.78, 5) is 13.9. The van der Waals surface area contributed by atoms with Crippen molar-refractivity contribution in [3.63, 3.8) is 0 Å². The second kappa shape index (κ2) is 4.91. The van der Waals surface area contributed by atoms with Gasteiger partial charge in [0.15, 0.2) is 9.84 Å². The first-order chi connectivity index (χ1) is 9.95. The summed E-state index contributed by atoms with van der Waals surface area (Å²) in [5.74, 6) is 1.05. The van der Waals surface area contributed by atoms with Crippen LogP contribution in [-0.2, 0) is 14.6 Å². The van der Waals surface area contributed by atoms with Crippen molar-refractivity contribution in [3.05, 3.63) is 18.2 Å². The van der Waals surface area contributed by atoms with Crippen LogP contribution in [0.2, 0.25) is 0 Å². The summed E-state index contributed by atoms with van der Waals surface area (Å²) in [7, 11) is -0.00662. The summed E-state index contributed by atoms with van der Waals surface area (Å²) in [6.07, 6.45) is 0.268. The number of benzene rings is 1. The molecule has 3 rings (SSSR count). The predicted octanol–water partition coefficient (Wildman–Crippen LogP) is 0.854. The zero-order valence-corrected chi connectivity index (χ0v) is 12.7. The Morgan fingerprint density at radius 2 is 1.95 bits per heavy atom. The maximum absolute atomic E-state index is 12.3. The van der Waals surface area contributed by atoms with Gasteiger partial charge in [0.05, 0.1) is 37.5 Å². The number of rotatable bonds is 3. The van der Waals surface area contributed by atoms with Crippen LogP contribution in [0.1, 0.15) is 6.42 Å². The molecule has 114 valence electrons. The number of amides is 1. The van der Waals surface area contributed by atoms with E-state index in [1.165, 1.54) is 7.11 Å². The number of anilines is 1. The zero-order valence-electron chi connectivity index (χ0n) is 11.9. The molecule has 2 saturated heterocycles. The molecule has 1 amide bonds. The van der Waals surface area contributed by atoms with Crippen LogP contribution in [0.3, 0.4) is 0 Å². The number of carbonyl (C=O) groups excluding carboxylic acids is 1. The van der Waals surface area contributed by atoms with Crippen molar-refractivity contribution in [2.24, 2.45) is 5.92 Å². The Hall–Kier alpha value is -1.76. The average molecular weight is 311 g/mol. The molecule has 0 spiro atoms. The van der Waals surface area contributed by atoms with Crippen LogP contribution in [0.15, 0.2) is 18.2 Å². The van der Waals surface area contributed by atoms with Crippen LogP contribution in [0, 0.1) is 5.92 Å². The molecule has 0 saturated carbocycles. The summed E-state index contributed by atoms with van der Waals surface area (Å²) in [6.45, 7) is 0. The monoisotopic (exact) mass is 311 g/mol. The van der Waals surface area contributed by atoms with Gasteiger partial charge in [-0.1, -0.05) is 0 Å². The van der Waals surface area contributed by atoms with Gasteiger partial charge in [0.2, 0.25) is 5.91 Å². The number of sulfone groups is 1. The van der Waals surface area contributed by atoms with E-state index in [9.17, 15) is 13.2 Å². The van der Waals surface area contributed by atoms with Crippen molar-refractivity contribution >= 4 is 21.4 Å². The largest absolute Gasteiger partial charge is 0.497 e. The molecule has 2 aliphatic heterocycles. The van der Waals surface area contributed by atoms with Gasteiger partial charge in [0, 0.05) is 18.4 Å². The van der Waals surface area contributed by atoms with E-state index in [-0.39, 0.29) is 35.8 Å². The predicted molar refractivity (Wildman–Crippen MR) is 77.6 cm³/mol. The quantitative estimate of drug-likeness (QED) is 0.827. The van der Waals surface area contributed by atoms with E-state index < -0.39 is 9.84 Å². The number of methoxy groups -OCH3 is 2. The highest BCUT2D eigenvalue weighted by Gasteiger charge is 2.49. The number of hydrogen-bond acceptors (Lipinski definition) is 5. The van der Waals surface area contributed by atoms with Crippen LogP contribution >= 0.6 is 0 Å². The van der Waals surface area contributed by atoms with E-state index >= 15 is 0 Å². The van der Waals surface area contributed by atoms with Crippen molar-refractivity contribution in [1.29, 1.82) is 0 Å². The van der Waals surface area contributed by atoms with E-state index in [0.29, 0.717) is 17.2 Å². The maximum atomic E-state index is 12.3. The molecule has 2 heterocycles. The molecular weight excluding hydrogens is 294 g/mol. The molecule has 1 aromatic rings. The first kappa shape index (κ1) is 14.2. The minimum Gasteiger partial charge on any atom is -0.497 e. The fourth-order valence-electron chi connectivity index (χ4n) is 3.19. The van der Waals surface area contributed by atoms with Gasteiger partial charge in [-0.3, -0.25) is 4.79 Å². The molecule has 0 aliphatic carbocycles. The maximum Gasteiger partial charge on any atom is 0.227 e. The van der Waals surface area contributed by atoms with Gasteiger partial charge in [0.1, 0.15) is 11.5 Å². The normalized spacial score (nSPS) is 26.8. The molecule has 7 heteroatoms. The summed E-state index contributed by atoms with van der Waals surface area (Å²) in [5, 5.41) is 0. The topological polar surface area (TPSA) is 72.9 Å². The molecule has 0 N–H and O–H groups in total. The fraction of sp³-hybridized carbons (Fsp3) is 0.500. The summed E-state index contributed by atoms with van der Waals surface area (Å²) < 4.78 is 34.1. The first-order valence-corrected chi connectivity index (χ1v) is 8.52. The van der Waals surface area contributed by atoms with Crippen LogP contribution in [0.4, 0.5) is 5.69 Å². The molecule has 2 unspecified atom stereocenters. The van der Waals surface area contributed by atoms with Crippen molar-refractivity contribution in [1.82, 2.24) is 0 Å². The van der Waals surface area contributed by atoms with Crippen LogP contribution in [0.5, 0.6) is 11.5 Å². The van der Waals surface area contributed by atoms with E-state index in [4.69, 9.17) is 9.47 Å². The molecule has 0 bridgehead atoms. The molecule has 2 aliphatic rings. The minimum absolute atomic E-state index is 0.0176. The first-order valence-electron chi connectivity index (χ1n) is 6.69. The number of carbonyl (C=O) groups is 1. The van der Waals surface area contributed by atoms with Gasteiger partial charge in [-0.05, 0) is 12.1 Å². The van der Waals surface area contributed by atoms with Gasteiger partial charge in [-0.15, -0.1) is 0 Å². The standard InChI is InChI=1S/C14H17NO5S/c1-19-10-3-4-13(20-2)11(6-10)15-12-8-21(17,18)7-9(12)5-14(15)16/h3-4,6,9,12H,5,7-8H2,1-2H3.